The van der Waals surface area contributed by atoms with E-state index in [9.17, 15) is 14.0 Å². The molecule has 0 bridgehead atoms. The standard InChI is InChI=1S/C23H27FN4O2/c1-27-15-17(22(29)26-19-7-5-18(24)6-8-19)14-21(27)16-9-12-28(13-10-16)23(30)20-4-2-3-11-25-20/h2-8,11,16-17,21H,9-10,12-15H2,1H3,(H,26,29)/t17-,21-/m0/s1. The lowest BCUT2D eigenvalue weighted by Gasteiger charge is -2.37. The maximum atomic E-state index is 13.1. The Hall–Kier alpha value is -2.80. The molecule has 2 aliphatic rings. The molecule has 2 aliphatic heterocycles. The van der Waals surface area contributed by atoms with E-state index >= 15 is 0 Å². The number of anilines is 1. The molecular formula is C23H27FN4O2. The molecule has 1 aromatic heterocycles. The number of hydrogen-bond acceptors (Lipinski definition) is 4. The van der Waals surface area contributed by atoms with E-state index in [0.29, 0.717) is 29.9 Å². The van der Waals surface area contributed by atoms with Crippen molar-refractivity contribution in [3.8, 4) is 0 Å². The molecule has 1 N–H and O–H groups in total. The SMILES string of the molecule is CN1C[C@@H](C(=O)Nc2ccc(F)cc2)C[C@H]1C1CCN(C(=O)c2ccccn2)CC1. The molecule has 2 saturated heterocycles. The number of nitrogens with zero attached hydrogens (tertiary/aromatic N) is 3. The van der Waals surface area contributed by atoms with Gasteiger partial charge in [0.05, 0.1) is 5.92 Å². The lowest BCUT2D eigenvalue weighted by Crippen LogP contribution is -2.43. The van der Waals surface area contributed by atoms with E-state index in [2.05, 4.69) is 22.2 Å². The zero-order valence-corrected chi connectivity index (χ0v) is 17.1. The molecule has 0 saturated carbocycles. The number of amides is 2. The average Bonchev–Trinajstić information content (AvgIpc) is 3.17. The Morgan fingerprint density at radius 1 is 1.10 bits per heavy atom. The number of pyridine rings is 1. The number of aromatic nitrogens is 1. The molecule has 0 radical (unpaired) electrons. The summed E-state index contributed by atoms with van der Waals surface area (Å²) in [6.07, 6.45) is 4.31. The van der Waals surface area contributed by atoms with Gasteiger partial charge in [-0.2, -0.15) is 0 Å². The summed E-state index contributed by atoms with van der Waals surface area (Å²) >= 11 is 0. The van der Waals surface area contributed by atoms with Gasteiger partial charge in [-0.05, 0) is 68.6 Å². The number of rotatable bonds is 4. The summed E-state index contributed by atoms with van der Waals surface area (Å²) in [5.41, 5.74) is 1.11. The van der Waals surface area contributed by atoms with Gasteiger partial charge in [0.15, 0.2) is 0 Å². The topological polar surface area (TPSA) is 65.5 Å². The minimum atomic E-state index is -0.318. The molecule has 0 aliphatic carbocycles. The van der Waals surface area contributed by atoms with Crippen molar-refractivity contribution in [1.82, 2.24) is 14.8 Å². The van der Waals surface area contributed by atoms with Crippen LogP contribution in [-0.2, 0) is 4.79 Å². The van der Waals surface area contributed by atoms with E-state index in [0.717, 1.165) is 32.4 Å². The third-order valence-electron chi connectivity index (χ3n) is 6.34. The third-order valence-corrected chi connectivity index (χ3v) is 6.34. The van der Waals surface area contributed by atoms with Gasteiger partial charge in [-0.15, -0.1) is 0 Å². The fourth-order valence-electron chi connectivity index (χ4n) is 4.69. The summed E-state index contributed by atoms with van der Waals surface area (Å²) < 4.78 is 13.1. The van der Waals surface area contributed by atoms with Crippen LogP contribution in [0, 0.1) is 17.7 Å². The number of hydrogen-bond donors (Lipinski definition) is 1. The summed E-state index contributed by atoms with van der Waals surface area (Å²) in [6, 6.07) is 11.6. The van der Waals surface area contributed by atoms with Crippen LogP contribution in [0.2, 0.25) is 0 Å². The van der Waals surface area contributed by atoms with Crippen LogP contribution in [0.25, 0.3) is 0 Å². The van der Waals surface area contributed by atoms with Gasteiger partial charge in [0.1, 0.15) is 11.5 Å². The van der Waals surface area contributed by atoms with Gasteiger partial charge in [-0.1, -0.05) is 6.07 Å². The Bertz CT molecular complexity index is 882. The van der Waals surface area contributed by atoms with E-state index in [1.165, 1.54) is 12.1 Å². The van der Waals surface area contributed by atoms with Crippen LogP contribution >= 0.6 is 0 Å². The zero-order chi connectivity index (χ0) is 21.1. The smallest absolute Gasteiger partial charge is 0.272 e. The van der Waals surface area contributed by atoms with Gasteiger partial charge < -0.3 is 15.1 Å². The Labute approximate surface area is 176 Å². The first-order chi connectivity index (χ1) is 14.5. The number of benzene rings is 1. The lowest BCUT2D eigenvalue weighted by atomic mass is 9.86. The molecule has 6 nitrogen and oxygen atoms in total. The van der Waals surface area contributed by atoms with Crippen molar-refractivity contribution in [3.05, 3.63) is 60.2 Å². The Morgan fingerprint density at radius 3 is 2.50 bits per heavy atom. The van der Waals surface area contributed by atoms with Gasteiger partial charge in [-0.25, -0.2) is 4.39 Å². The molecule has 158 valence electrons. The summed E-state index contributed by atoms with van der Waals surface area (Å²) in [4.78, 5) is 33.6. The van der Waals surface area contributed by atoms with Crippen LogP contribution in [0.4, 0.5) is 10.1 Å². The Kier molecular flexibility index (Phi) is 6.08. The van der Waals surface area contributed by atoms with Crippen molar-refractivity contribution in [2.45, 2.75) is 25.3 Å². The van der Waals surface area contributed by atoms with Crippen molar-refractivity contribution in [2.24, 2.45) is 11.8 Å². The van der Waals surface area contributed by atoms with Crippen molar-refractivity contribution >= 4 is 17.5 Å². The first-order valence-electron chi connectivity index (χ1n) is 10.5. The van der Waals surface area contributed by atoms with E-state index in [1.807, 2.05) is 17.0 Å². The van der Waals surface area contributed by atoms with Crippen LogP contribution < -0.4 is 5.32 Å². The molecule has 0 unspecified atom stereocenters. The van der Waals surface area contributed by atoms with Gasteiger partial charge in [0.25, 0.3) is 5.91 Å². The lowest BCUT2D eigenvalue weighted by molar-refractivity contribution is -0.119. The monoisotopic (exact) mass is 410 g/mol. The molecule has 0 spiro atoms. The van der Waals surface area contributed by atoms with Crippen LogP contribution in [0.1, 0.15) is 29.8 Å². The normalized spacial score (nSPS) is 22.8. The highest BCUT2D eigenvalue weighted by atomic mass is 19.1. The van der Waals surface area contributed by atoms with Crippen LogP contribution in [0.3, 0.4) is 0 Å². The molecule has 4 rings (SSSR count). The molecule has 2 atom stereocenters. The van der Waals surface area contributed by atoms with Crippen LogP contribution in [0.15, 0.2) is 48.7 Å². The molecule has 2 amide bonds. The van der Waals surface area contributed by atoms with Gasteiger partial charge >= 0.3 is 0 Å². The first-order valence-corrected chi connectivity index (χ1v) is 10.5. The number of carbonyl (C=O) groups is 2. The third kappa shape index (κ3) is 4.51. The Balaban J connectivity index is 1.30. The van der Waals surface area contributed by atoms with Gasteiger partial charge in [0.2, 0.25) is 5.91 Å². The number of carbonyl (C=O) groups excluding carboxylic acids is 2. The number of halogens is 1. The number of likely N-dealkylation sites (tertiary alicyclic amines) is 2. The van der Waals surface area contributed by atoms with Crippen molar-refractivity contribution in [3.63, 3.8) is 0 Å². The summed E-state index contributed by atoms with van der Waals surface area (Å²) in [5, 5.41) is 2.90. The first kappa shape index (κ1) is 20.5. The van der Waals surface area contributed by atoms with E-state index in [-0.39, 0.29) is 23.5 Å². The van der Waals surface area contributed by atoms with E-state index in [4.69, 9.17) is 0 Å². The number of piperidine rings is 1. The zero-order valence-electron chi connectivity index (χ0n) is 17.1. The minimum Gasteiger partial charge on any atom is -0.337 e. The predicted octanol–water partition coefficient (Wildman–Crippen LogP) is 3.03. The maximum absolute atomic E-state index is 13.1. The average molecular weight is 410 g/mol. The van der Waals surface area contributed by atoms with Crippen molar-refractivity contribution < 1.29 is 14.0 Å². The van der Waals surface area contributed by atoms with Crippen LogP contribution in [0.5, 0.6) is 0 Å². The highest BCUT2D eigenvalue weighted by Gasteiger charge is 2.39. The van der Waals surface area contributed by atoms with Crippen molar-refractivity contribution in [1.29, 1.82) is 0 Å². The largest absolute Gasteiger partial charge is 0.337 e. The summed E-state index contributed by atoms with van der Waals surface area (Å²) in [7, 11) is 2.07. The minimum absolute atomic E-state index is 0.00891. The highest BCUT2D eigenvalue weighted by molar-refractivity contribution is 5.93. The molecule has 1 aromatic carbocycles. The molecule has 7 heteroatoms. The molecule has 2 aromatic rings. The van der Waals surface area contributed by atoms with Crippen molar-refractivity contribution in [2.75, 3.05) is 32.0 Å². The molecular weight excluding hydrogens is 383 g/mol. The molecule has 30 heavy (non-hydrogen) atoms. The molecule has 3 heterocycles. The highest BCUT2D eigenvalue weighted by Crippen LogP contribution is 2.33. The summed E-state index contributed by atoms with van der Waals surface area (Å²) in [5.74, 6) is 0.0373. The second kappa shape index (κ2) is 8.92. The quantitative estimate of drug-likeness (QED) is 0.842. The second-order valence-electron chi connectivity index (χ2n) is 8.28. The van der Waals surface area contributed by atoms with Gasteiger partial charge in [-0.3, -0.25) is 14.6 Å². The van der Waals surface area contributed by atoms with E-state index in [1.54, 1.807) is 24.4 Å². The Morgan fingerprint density at radius 2 is 1.83 bits per heavy atom. The predicted molar refractivity (Wildman–Crippen MR) is 112 cm³/mol. The fraction of sp³-hybridized carbons (Fsp3) is 0.435. The van der Waals surface area contributed by atoms with Gasteiger partial charge in [0, 0.05) is 37.6 Å². The van der Waals surface area contributed by atoms with E-state index < -0.39 is 0 Å². The number of nitrogens with one attached hydrogen (secondary N) is 1. The maximum Gasteiger partial charge on any atom is 0.272 e. The fourth-order valence-corrected chi connectivity index (χ4v) is 4.69. The molecule has 2 fully saturated rings. The summed E-state index contributed by atoms with van der Waals surface area (Å²) in [6.45, 7) is 2.15. The van der Waals surface area contributed by atoms with Crippen LogP contribution in [-0.4, -0.2) is 59.3 Å². The second-order valence-corrected chi connectivity index (χ2v) is 8.28.